The summed E-state index contributed by atoms with van der Waals surface area (Å²) < 4.78 is 20.9. The van der Waals surface area contributed by atoms with E-state index in [1.54, 1.807) is 0 Å². The smallest absolute Gasteiger partial charge is 0.312 e. The molecule has 2 amide bonds. The predicted octanol–water partition coefficient (Wildman–Crippen LogP) is 1.11. The van der Waals surface area contributed by atoms with Crippen molar-refractivity contribution in [2.75, 3.05) is 52.0 Å². The van der Waals surface area contributed by atoms with E-state index in [4.69, 9.17) is 30.4 Å². The van der Waals surface area contributed by atoms with Gasteiger partial charge < -0.3 is 41.0 Å². The van der Waals surface area contributed by atoms with Crippen LogP contribution >= 0.6 is 0 Å². The van der Waals surface area contributed by atoms with Crippen molar-refractivity contribution in [1.29, 1.82) is 0 Å². The van der Waals surface area contributed by atoms with Crippen molar-refractivity contribution in [1.82, 2.24) is 20.6 Å². The number of nitrogens with zero attached hydrogens (tertiary/aromatic N) is 2. The van der Waals surface area contributed by atoms with Crippen LogP contribution in [-0.2, 0) is 41.8 Å². The first kappa shape index (κ1) is 33.4. The van der Waals surface area contributed by atoms with Gasteiger partial charge in [0.05, 0.1) is 52.5 Å². The summed E-state index contributed by atoms with van der Waals surface area (Å²) in [6.45, 7) is 0.196. The summed E-state index contributed by atoms with van der Waals surface area (Å²) in [6.07, 6.45) is 0. The van der Waals surface area contributed by atoms with Gasteiger partial charge in [-0.3, -0.25) is 19.2 Å². The van der Waals surface area contributed by atoms with E-state index in [-0.39, 0.29) is 62.5 Å². The molecule has 1 aromatic heterocycles. The molecule has 14 heteroatoms. The van der Waals surface area contributed by atoms with Crippen LogP contribution in [-0.4, -0.2) is 74.2 Å². The third-order valence-corrected chi connectivity index (χ3v) is 6.33. The first-order chi connectivity index (χ1) is 21.2. The molecule has 0 bridgehead atoms. The summed E-state index contributed by atoms with van der Waals surface area (Å²) in [6, 6.07) is 18.7. The molecule has 14 nitrogen and oxygen atoms in total. The van der Waals surface area contributed by atoms with Crippen molar-refractivity contribution in [3.8, 4) is 0 Å². The zero-order valence-corrected chi connectivity index (χ0v) is 24.5. The number of hydrogen-bond donors (Lipinski definition) is 4. The zero-order chi connectivity index (χ0) is 31.9. The van der Waals surface area contributed by atoms with E-state index in [0.717, 1.165) is 11.1 Å². The number of nitrogen functional groups attached to an aromatic ring is 2. The van der Waals surface area contributed by atoms with Crippen LogP contribution in [0.5, 0.6) is 0 Å². The molecule has 0 aliphatic carbocycles. The van der Waals surface area contributed by atoms with Crippen LogP contribution in [0.15, 0.2) is 60.7 Å². The van der Waals surface area contributed by atoms with Crippen molar-refractivity contribution in [3.63, 3.8) is 0 Å². The molecule has 2 atom stereocenters. The Labute approximate surface area is 254 Å². The quantitative estimate of drug-likeness (QED) is 0.169. The highest BCUT2D eigenvalue weighted by molar-refractivity contribution is 6.01. The van der Waals surface area contributed by atoms with Crippen molar-refractivity contribution < 1.29 is 38.1 Å². The molecule has 0 radical (unpaired) electrons. The second-order valence-corrected chi connectivity index (χ2v) is 9.55. The van der Waals surface area contributed by atoms with Gasteiger partial charge in [0.25, 0.3) is 11.8 Å². The number of aromatic nitrogens is 2. The Hall–Kier alpha value is -5.08. The first-order valence-corrected chi connectivity index (χ1v) is 13.6. The summed E-state index contributed by atoms with van der Waals surface area (Å²) in [4.78, 5) is 58.0. The highest BCUT2D eigenvalue weighted by Crippen LogP contribution is 2.14. The summed E-state index contributed by atoms with van der Waals surface area (Å²) >= 11 is 0. The molecule has 0 aliphatic rings. The van der Waals surface area contributed by atoms with Gasteiger partial charge in [0.2, 0.25) is 0 Å². The summed E-state index contributed by atoms with van der Waals surface area (Å²) in [5.74, 6) is -5.08. The molecule has 0 saturated heterocycles. The number of nitrogens with two attached hydrogens (primary N) is 2. The topological polar surface area (TPSA) is 207 Å². The molecular formula is C30H36N6O8. The van der Waals surface area contributed by atoms with Gasteiger partial charge in [0.15, 0.2) is 23.0 Å². The maximum atomic E-state index is 12.8. The van der Waals surface area contributed by atoms with Crippen molar-refractivity contribution in [2.45, 2.75) is 13.2 Å². The molecule has 2 aromatic carbocycles. The van der Waals surface area contributed by atoms with Gasteiger partial charge in [-0.2, -0.15) is 0 Å². The lowest BCUT2D eigenvalue weighted by Crippen LogP contribution is -2.38. The Balaban J connectivity index is 1.56. The SMILES string of the molecule is COC(=O)C(CNC(=O)c1nc(N)c(C(=O)NC[C@H](COCc2ccccc2)C(=O)OC)nc1N)COCc1ccccc1. The van der Waals surface area contributed by atoms with Crippen molar-refractivity contribution >= 4 is 35.4 Å². The average Bonchev–Trinajstić information content (AvgIpc) is 3.04. The molecule has 0 fully saturated rings. The fraction of sp³-hybridized carbons (Fsp3) is 0.333. The molecule has 1 unspecified atom stereocenters. The number of benzene rings is 2. The van der Waals surface area contributed by atoms with Crippen LogP contribution in [0.2, 0.25) is 0 Å². The summed E-state index contributed by atoms with van der Waals surface area (Å²) in [5, 5.41) is 5.09. The highest BCUT2D eigenvalue weighted by Gasteiger charge is 2.26. The van der Waals surface area contributed by atoms with Gasteiger partial charge in [-0.05, 0) is 11.1 Å². The monoisotopic (exact) mass is 608 g/mol. The van der Waals surface area contributed by atoms with E-state index in [1.807, 2.05) is 60.7 Å². The van der Waals surface area contributed by atoms with Gasteiger partial charge in [0.1, 0.15) is 0 Å². The predicted molar refractivity (Wildman–Crippen MR) is 159 cm³/mol. The fourth-order valence-corrected chi connectivity index (χ4v) is 3.94. The van der Waals surface area contributed by atoms with E-state index in [9.17, 15) is 19.2 Å². The molecule has 1 heterocycles. The van der Waals surface area contributed by atoms with Crippen LogP contribution in [0.3, 0.4) is 0 Å². The molecule has 3 aromatic rings. The Bertz CT molecular complexity index is 1300. The minimum Gasteiger partial charge on any atom is -0.469 e. The first-order valence-electron chi connectivity index (χ1n) is 13.6. The number of rotatable bonds is 16. The Morgan fingerprint density at radius 3 is 1.36 bits per heavy atom. The Kier molecular flexibility index (Phi) is 13.0. The molecule has 0 aliphatic heterocycles. The second kappa shape index (κ2) is 17.1. The van der Waals surface area contributed by atoms with Gasteiger partial charge in [-0.25, -0.2) is 9.97 Å². The normalized spacial score (nSPS) is 12.0. The highest BCUT2D eigenvalue weighted by atomic mass is 16.5. The van der Waals surface area contributed by atoms with E-state index in [0.29, 0.717) is 0 Å². The van der Waals surface area contributed by atoms with Crippen LogP contribution in [0.25, 0.3) is 0 Å². The summed E-state index contributed by atoms with van der Waals surface area (Å²) in [5.41, 5.74) is 13.0. The van der Waals surface area contributed by atoms with Crippen LogP contribution in [0.1, 0.15) is 32.1 Å². The molecule has 44 heavy (non-hydrogen) atoms. The largest absolute Gasteiger partial charge is 0.469 e. The van der Waals surface area contributed by atoms with Crippen molar-refractivity contribution in [3.05, 3.63) is 83.2 Å². The van der Waals surface area contributed by atoms with E-state index >= 15 is 0 Å². The van der Waals surface area contributed by atoms with Crippen molar-refractivity contribution in [2.24, 2.45) is 11.8 Å². The number of anilines is 2. The fourth-order valence-electron chi connectivity index (χ4n) is 3.94. The molecule has 0 spiro atoms. The third kappa shape index (κ3) is 10.0. The van der Waals surface area contributed by atoms with Gasteiger partial charge in [-0.15, -0.1) is 0 Å². The Morgan fingerprint density at radius 2 is 1.02 bits per heavy atom. The minimum absolute atomic E-state index is 0.0197. The maximum absolute atomic E-state index is 12.8. The Morgan fingerprint density at radius 1 is 0.659 bits per heavy atom. The minimum atomic E-state index is -0.816. The summed E-state index contributed by atoms with van der Waals surface area (Å²) in [7, 11) is 2.46. The lowest BCUT2D eigenvalue weighted by atomic mass is 10.1. The molecule has 234 valence electrons. The number of amides is 2. The number of carbonyl (C=O) groups excluding carboxylic acids is 4. The number of ether oxygens (including phenoxy) is 4. The number of nitrogens with one attached hydrogen (secondary N) is 2. The molecule has 0 saturated carbocycles. The third-order valence-electron chi connectivity index (χ3n) is 6.33. The number of esters is 2. The van der Waals surface area contributed by atoms with E-state index in [2.05, 4.69) is 20.6 Å². The average molecular weight is 609 g/mol. The molecular weight excluding hydrogens is 572 g/mol. The van der Waals surface area contributed by atoms with Crippen LogP contribution in [0.4, 0.5) is 11.6 Å². The number of hydrogen-bond acceptors (Lipinski definition) is 12. The zero-order valence-electron chi connectivity index (χ0n) is 24.5. The second-order valence-electron chi connectivity index (χ2n) is 9.55. The van der Waals surface area contributed by atoms with E-state index < -0.39 is 35.6 Å². The molecule has 6 N–H and O–H groups in total. The lowest BCUT2D eigenvalue weighted by Gasteiger charge is -2.17. The van der Waals surface area contributed by atoms with Crippen LogP contribution in [0, 0.1) is 11.8 Å². The van der Waals surface area contributed by atoms with Gasteiger partial charge in [0, 0.05) is 13.1 Å². The van der Waals surface area contributed by atoms with Crippen LogP contribution < -0.4 is 22.1 Å². The lowest BCUT2D eigenvalue weighted by molar-refractivity contribution is -0.148. The maximum Gasteiger partial charge on any atom is 0.312 e. The van der Waals surface area contributed by atoms with Gasteiger partial charge >= 0.3 is 11.9 Å². The number of carbonyl (C=O) groups is 4. The van der Waals surface area contributed by atoms with E-state index in [1.165, 1.54) is 14.2 Å². The molecule has 3 rings (SSSR count). The number of methoxy groups -OCH3 is 2. The standard InChI is InChI=1S/C30H36N6O8/c1-41-29(39)21(17-43-15-19-9-5-3-6-10-19)13-33-27(37)23-25(31)36-24(26(32)35-23)28(38)34-14-22(30(40)42-2)18-44-16-20-11-7-4-8-12-20/h3-12,21-22H,13-18H2,1-2H3,(H2,32,35)(H2,31,36)(H,33,37)(H,34,38)/t21-,22?/m1/s1. The van der Waals surface area contributed by atoms with Gasteiger partial charge in [-0.1, -0.05) is 60.7 Å².